The Labute approximate surface area is 166 Å². The first-order chi connectivity index (χ1) is 14.2. The molecule has 0 bridgehead atoms. The van der Waals surface area contributed by atoms with Crippen molar-refractivity contribution in [2.45, 2.75) is 0 Å². The highest BCUT2D eigenvalue weighted by atomic mass is 16.7. The zero-order valence-corrected chi connectivity index (χ0v) is 15.7. The fourth-order valence-electron chi connectivity index (χ4n) is 3.37. The van der Waals surface area contributed by atoms with Crippen LogP contribution in [0.3, 0.4) is 0 Å². The normalized spacial score (nSPS) is 12.7. The number of carbonyl (C=O) groups excluding carboxylic acids is 1. The van der Waals surface area contributed by atoms with Crippen LogP contribution in [0.1, 0.15) is 21.7 Å². The third-order valence-electron chi connectivity index (χ3n) is 4.89. The molecule has 0 saturated heterocycles. The molecule has 2 aromatic carbocycles. The van der Waals surface area contributed by atoms with E-state index in [0.717, 1.165) is 22.2 Å². The van der Waals surface area contributed by atoms with E-state index in [1.807, 2.05) is 61.8 Å². The maximum Gasteiger partial charge on any atom is 0.272 e. The maximum absolute atomic E-state index is 12.7. The quantitative estimate of drug-likeness (QED) is 0.554. The van der Waals surface area contributed by atoms with Gasteiger partial charge in [0.05, 0.1) is 16.9 Å². The number of fused-ring (bicyclic) bond motifs is 2. The van der Waals surface area contributed by atoms with Crippen LogP contribution in [0.5, 0.6) is 11.5 Å². The lowest BCUT2D eigenvalue weighted by atomic mass is 10.1. The molecular formula is C22H18N4O3. The summed E-state index contributed by atoms with van der Waals surface area (Å²) in [4.78, 5) is 12.7. The molecule has 144 valence electrons. The number of aryl methyl sites for hydroxylation is 1. The first-order valence-corrected chi connectivity index (χ1v) is 9.16. The van der Waals surface area contributed by atoms with Crippen molar-refractivity contribution in [3.8, 4) is 11.5 Å². The van der Waals surface area contributed by atoms with Crippen LogP contribution in [0.2, 0.25) is 0 Å². The van der Waals surface area contributed by atoms with Crippen LogP contribution in [0.4, 0.5) is 5.69 Å². The largest absolute Gasteiger partial charge is 0.454 e. The number of nitrogens with zero attached hydrogens (tertiary/aromatic N) is 2. The molecule has 0 aliphatic carbocycles. The summed E-state index contributed by atoms with van der Waals surface area (Å²) in [7, 11) is 1.83. The second-order valence-corrected chi connectivity index (χ2v) is 6.74. The van der Waals surface area contributed by atoms with Gasteiger partial charge >= 0.3 is 0 Å². The number of ether oxygens (including phenoxy) is 2. The monoisotopic (exact) mass is 386 g/mol. The first-order valence-electron chi connectivity index (χ1n) is 9.16. The molecule has 7 heteroatoms. The molecule has 5 rings (SSSR count). The average Bonchev–Trinajstić information content (AvgIpc) is 3.45. The zero-order chi connectivity index (χ0) is 19.8. The lowest BCUT2D eigenvalue weighted by molar-refractivity contribution is 0.101. The minimum atomic E-state index is -0.198. The summed E-state index contributed by atoms with van der Waals surface area (Å²) in [5, 5.41) is 11.4. The highest BCUT2D eigenvalue weighted by Gasteiger charge is 2.19. The summed E-state index contributed by atoms with van der Waals surface area (Å²) >= 11 is 0. The molecule has 0 radical (unpaired) electrons. The third kappa shape index (κ3) is 3.12. The number of nitrogens with one attached hydrogen (secondary N) is 2. The number of rotatable bonds is 4. The van der Waals surface area contributed by atoms with Crippen molar-refractivity contribution in [3.63, 3.8) is 0 Å². The van der Waals surface area contributed by atoms with Gasteiger partial charge in [0.25, 0.3) is 5.91 Å². The molecule has 0 fully saturated rings. The summed E-state index contributed by atoms with van der Waals surface area (Å²) in [5.74, 6) is 1.05. The fourth-order valence-corrected chi connectivity index (χ4v) is 3.37. The molecule has 4 aromatic rings. The molecule has 1 aliphatic rings. The highest BCUT2D eigenvalue weighted by Crippen LogP contribution is 2.38. The van der Waals surface area contributed by atoms with Crippen molar-refractivity contribution in [1.29, 1.82) is 0 Å². The smallest absolute Gasteiger partial charge is 0.272 e. The van der Waals surface area contributed by atoms with Gasteiger partial charge in [-0.15, -0.1) is 0 Å². The highest BCUT2D eigenvalue weighted by molar-refractivity contribution is 6.05. The van der Waals surface area contributed by atoms with E-state index < -0.39 is 0 Å². The first kappa shape index (κ1) is 17.1. The van der Waals surface area contributed by atoms with Crippen LogP contribution < -0.4 is 14.8 Å². The van der Waals surface area contributed by atoms with Gasteiger partial charge in [0, 0.05) is 30.3 Å². The number of H-pyrrole nitrogens is 1. The Morgan fingerprint density at radius 3 is 2.79 bits per heavy atom. The second kappa shape index (κ2) is 6.87. The van der Waals surface area contributed by atoms with Gasteiger partial charge < -0.3 is 19.4 Å². The second-order valence-electron chi connectivity index (χ2n) is 6.74. The Morgan fingerprint density at radius 2 is 1.97 bits per heavy atom. The predicted molar refractivity (Wildman–Crippen MR) is 111 cm³/mol. The van der Waals surface area contributed by atoms with E-state index in [-0.39, 0.29) is 12.7 Å². The van der Waals surface area contributed by atoms with Gasteiger partial charge in [-0.1, -0.05) is 24.3 Å². The van der Waals surface area contributed by atoms with Crippen molar-refractivity contribution in [2.24, 2.45) is 7.05 Å². The van der Waals surface area contributed by atoms with Crippen LogP contribution >= 0.6 is 0 Å². The summed E-state index contributed by atoms with van der Waals surface area (Å²) in [6.07, 6.45) is 5.65. The zero-order valence-electron chi connectivity index (χ0n) is 15.7. The predicted octanol–water partition coefficient (Wildman–Crippen LogP) is 4.05. The number of amides is 1. The standard InChI is InChI=1S/C22H18N4O3/c1-26-10-4-7-19(26)22(27)23-18-12-21-20(28-13-29-21)11-14(18)8-9-17-15-5-2-3-6-16(15)24-25-17/h2-12H,13H2,1H3,(H,23,27)(H,24,25)/b9-8+. The molecular weight excluding hydrogens is 368 g/mol. The fraction of sp³-hybridized carbons (Fsp3) is 0.0909. The Morgan fingerprint density at radius 1 is 1.14 bits per heavy atom. The molecule has 0 spiro atoms. The summed E-state index contributed by atoms with van der Waals surface area (Å²) < 4.78 is 12.8. The number of benzene rings is 2. The van der Waals surface area contributed by atoms with Crippen LogP contribution in [0.15, 0.2) is 54.7 Å². The molecule has 2 N–H and O–H groups in total. The Hall–Kier alpha value is -4.00. The minimum Gasteiger partial charge on any atom is -0.454 e. The number of aromatic amines is 1. The molecule has 0 saturated carbocycles. The number of para-hydroxylation sites is 1. The lowest BCUT2D eigenvalue weighted by Gasteiger charge is -2.11. The number of hydrogen-bond acceptors (Lipinski definition) is 4. The van der Waals surface area contributed by atoms with Gasteiger partial charge in [0.15, 0.2) is 11.5 Å². The van der Waals surface area contributed by atoms with E-state index in [2.05, 4.69) is 15.5 Å². The van der Waals surface area contributed by atoms with Crippen molar-refractivity contribution in [1.82, 2.24) is 14.8 Å². The minimum absolute atomic E-state index is 0.164. The summed E-state index contributed by atoms with van der Waals surface area (Å²) in [6, 6.07) is 15.2. The van der Waals surface area contributed by atoms with Crippen LogP contribution in [-0.4, -0.2) is 27.5 Å². The van der Waals surface area contributed by atoms with E-state index in [9.17, 15) is 4.79 Å². The van der Waals surface area contributed by atoms with E-state index >= 15 is 0 Å². The summed E-state index contributed by atoms with van der Waals surface area (Å²) in [5.41, 5.74) is 3.78. The average molecular weight is 386 g/mol. The Kier molecular flexibility index (Phi) is 4.05. The SMILES string of the molecule is Cn1cccc1C(=O)Nc1cc2c(cc1/C=C/c1n[nH]c3ccccc13)OCO2. The molecule has 29 heavy (non-hydrogen) atoms. The van der Waals surface area contributed by atoms with Gasteiger partial charge in [0.2, 0.25) is 6.79 Å². The van der Waals surface area contributed by atoms with Gasteiger partial charge in [-0.3, -0.25) is 9.89 Å². The molecule has 1 amide bonds. The van der Waals surface area contributed by atoms with Crippen molar-refractivity contribution in [3.05, 3.63) is 71.7 Å². The van der Waals surface area contributed by atoms with Crippen molar-refractivity contribution >= 4 is 34.6 Å². The number of hydrogen-bond donors (Lipinski definition) is 2. The van der Waals surface area contributed by atoms with E-state index in [4.69, 9.17) is 9.47 Å². The number of carbonyl (C=O) groups is 1. The Balaban J connectivity index is 1.51. The van der Waals surface area contributed by atoms with Gasteiger partial charge in [-0.05, 0) is 30.3 Å². The van der Waals surface area contributed by atoms with E-state index in [1.165, 1.54) is 0 Å². The topological polar surface area (TPSA) is 81.2 Å². The summed E-state index contributed by atoms with van der Waals surface area (Å²) in [6.45, 7) is 0.164. The molecule has 0 atom stereocenters. The van der Waals surface area contributed by atoms with Crippen LogP contribution in [-0.2, 0) is 7.05 Å². The number of aromatic nitrogens is 3. The van der Waals surface area contributed by atoms with Crippen molar-refractivity contribution < 1.29 is 14.3 Å². The molecule has 2 aromatic heterocycles. The third-order valence-corrected chi connectivity index (χ3v) is 4.89. The molecule has 0 unspecified atom stereocenters. The van der Waals surface area contributed by atoms with Gasteiger partial charge in [0.1, 0.15) is 5.69 Å². The molecule has 3 heterocycles. The van der Waals surface area contributed by atoms with Gasteiger partial charge in [-0.25, -0.2) is 0 Å². The lowest BCUT2D eigenvalue weighted by Crippen LogP contribution is -2.16. The molecule has 7 nitrogen and oxygen atoms in total. The maximum atomic E-state index is 12.7. The van der Waals surface area contributed by atoms with Crippen LogP contribution in [0, 0.1) is 0 Å². The molecule has 1 aliphatic heterocycles. The van der Waals surface area contributed by atoms with E-state index in [0.29, 0.717) is 22.9 Å². The van der Waals surface area contributed by atoms with Crippen LogP contribution in [0.25, 0.3) is 23.1 Å². The van der Waals surface area contributed by atoms with Crippen molar-refractivity contribution in [2.75, 3.05) is 12.1 Å². The van der Waals surface area contributed by atoms with E-state index in [1.54, 1.807) is 16.7 Å². The van der Waals surface area contributed by atoms with Gasteiger partial charge in [-0.2, -0.15) is 5.10 Å². The Bertz CT molecular complexity index is 1250. The number of anilines is 1.